The van der Waals surface area contributed by atoms with Gasteiger partial charge in [0.2, 0.25) is 5.82 Å². The molecule has 0 aromatic carbocycles. The summed E-state index contributed by atoms with van der Waals surface area (Å²) >= 11 is 0. The Morgan fingerprint density at radius 2 is 2.05 bits per heavy atom. The fraction of sp³-hybridized carbons (Fsp3) is 0.500. The maximum Gasteiger partial charge on any atom is 0.376 e. The maximum atomic E-state index is 11.4. The largest absolute Gasteiger partial charge is 0.468 e. The number of ether oxygens (including phenoxy) is 2. The van der Waals surface area contributed by atoms with Crippen molar-refractivity contribution in [1.29, 1.82) is 0 Å². The summed E-state index contributed by atoms with van der Waals surface area (Å²) in [5.41, 5.74) is 0. The fourth-order valence-electron chi connectivity index (χ4n) is 1.48. The van der Waals surface area contributed by atoms with E-state index < -0.39 is 5.97 Å². The van der Waals surface area contributed by atoms with Crippen LogP contribution in [0.15, 0.2) is 12.3 Å². The number of nitrogens with zero attached hydrogens (tertiary/aromatic N) is 3. The normalized spacial score (nSPS) is 9.84. The lowest BCUT2D eigenvalue weighted by Crippen LogP contribution is -2.32. The first-order valence-electron chi connectivity index (χ1n) is 5.85. The van der Waals surface area contributed by atoms with Crippen molar-refractivity contribution >= 4 is 17.8 Å². The predicted octanol–water partition coefficient (Wildman–Crippen LogP) is 0.653. The van der Waals surface area contributed by atoms with Gasteiger partial charge in [-0.25, -0.2) is 14.8 Å². The van der Waals surface area contributed by atoms with Gasteiger partial charge in [-0.2, -0.15) is 0 Å². The third-order valence-corrected chi connectivity index (χ3v) is 2.37. The number of carbonyl (C=O) groups is 2. The number of carbonyl (C=O) groups excluding carboxylic acids is 2. The van der Waals surface area contributed by atoms with Crippen LogP contribution in [0, 0.1) is 0 Å². The SMILES string of the molecule is CCCN(CC(=O)OC)c1ccnc(C(=O)OC)n1. The summed E-state index contributed by atoms with van der Waals surface area (Å²) in [7, 11) is 2.59. The predicted molar refractivity (Wildman–Crippen MR) is 67.9 cm³/mol. The number of rotatable bonds is 6. The van der Waals surface area contributed by atoms with E-state index in [-0.39, 0.29) is 18.3 Å². The van der Waals surface area contributed by atoms with E-state index in [0.29, 0.717) is 12.4 Å². The standard InChI is InChI=1S/C12H17N3O4/c1-4-7-15(8-10(16)18-2)9-5-6-13-11(14-9)12(17)19-3/h5-6H,4,7-8H2,1-3H3. The zero-order valence-corrected chi connectivity index (χ0v) is 11.3. The Balaban J connectivity index is 2.95. The molecule has 0 radical (unpaired) electrons. The summed E-state index contributed by atoms with van der Waals surface area (Å²) in [6, 6.07) is 1.63. The van der Waals surface area contributed by atoms with E-state index >= 15 is 0 Å². The van der Waals surface area contributed by atoms with Crippen molar-refractivity contribution in [3.05, 3.63) is 18.1 Å². The van der Waals surface area contributed by atoms with Crippen molar-refractivity contribution in [3.63, 3.8) is 0 Å². The molecule has 0 saturated carbocycles. The molecule has 7 nitrogen and oxygen atoms in total. The van der Waals surface area contributed by atoms with Gasteiger partial charge in [0.15, 0.2) is 0 Å². The van der Waals surface area contributed by atoms with Crippen LogP contribution in [-0.4, -0.2) is 49.2 Å². The lowest BCUT2D eigenvalue weighted by molar-refractivity contribution is -0.138. The van der Waals surface area contributed by atoms with Gasteiger partial charge in [0.25, 0.3) is 0 Å². The smallest absolute Gasteiger partial charge is 0.376 e. The summed E-state index contributed by atoms with van der Waals surface area (Å²) in [6.07, 6.45) is 2.28. The highest BCUT2D eigenvalue weighted by atomic mass is 16.5. The third-order valence-electron chi connectivity index (χ3n) is 2.37. The lowest BCUT2D eigenvalue weighted by atomic mass is 10.3. The van der Waals surface area contributed by atoms with Gasteiger partial charge in [-0.1, -0.05) is 6.92 Å². The van der Waals surface area contributed by atoms with Gasteiger partial charge in [0.1, 0.15) is 12.4 Å². The molecule has 0 bridgehead atoms. The molecular formula is C12H17N3O4. The molecule has 0 amide bonds. The van der Waals surface area contributed by atoms with Crippen LogP contribution in [0.1, 0.15) is 24.0 Å². The van der Waals surface area contributed by atoms with Gasteiger partial charge in [-0.05, 0) is 12.5 Å². The molecule has 1 aromatic heterocycles. The number of esters is 2. The quantitative estimate of drug-likeness (QED) is 0.700. The summed E-state index contributed by atoms with van der Waals surface area (Å²) < 4.78 is 9.19. The second-order valence-electron chi connectivity index (χ2n) is 3.73. The summed E-state index contributed by atoms with van der Waals surface area (Å²) in [5, 5.41) is 0. The monoisotopic (exact) mass is 267 g/mol. The summed E-state index contributed by atoms with van der Waals surface area (Å²) in [4.78, 5) is 32.3. The molecule has 7 heteroatoms. The Labute approximate surface area is 111 Å². The van der Waals surface area contributed by atoms with Crippen molar-refractivity contribution < 1.29 is 19.1 Å². The highest BCUT2D eigenvalue weighted by molar-refractivity contribution is 5.85. The maximum absolute atomic E-state index is 11.4. The van der Waals surface area contributed by atoms with Crippen molar-refractivity contribution in [1.82, 2.24) is 9.97 Å². The van der Waals surface area contributed by atoms with Crippen LogP contribution in [0.25, 0.3) is 0 Å². The molecule has 0 aliphatic heterocycles. The Morgan fingerprint density at radius 1 is 1.32 bits per heavy atom. The van der Waals surface area contributed by atoms with E-state index in [1.165, 1.54) is 20.4 Å². The molecule has 0 saturated heterocycles. The van der Waals surface area contributed by atoms with Crippen LogP contribution < -0.4 is 4.90 Å². The minimum atomic E-state index is -0.614. The minimum absolute atomic E-state index is 0.0361. The molecule has 1 heterocycles. The van der Waals surface area contributed by atoms with Crippen molar-refractivity contribution in [2.45, 2.75) is 13.3 Å². The fourth-order valence-corrected chi connectivity index (χ4v) is 1.48. The number of aromatic nitrogens is 2. The average molecular weight is 267 g/mol. The molecule has 0 fully saturated rings. The molecule has 1 aromatic rings. The highest BCUT2D eigenvalue weighted by Crippen LogP contribution is 2.11. The number of anilines is 1. The Bertz CT molecular complexity index is 450. The Kier molecular flexibility index (Phi) is 5.72. The molecule has 19 heavy (non-hydrogen) atoms. The van der Waals surface area contributed by atoms with Gasteiger partial charge in [-0.3, -0.25) is 4.79 Å². The van der Waals surface area contributed by atoms with E-state index in [2.05, 4.69) is 19.4 Å². The minimum Gasteiger partial charge on any atom is -0.468 e. The van der Waals surface area contributed by atoms with Crippen molar-refractivity contribution in [3.8, 4) is 0 Å². The second-order valence-corrected chi connectivity index (χ2v) is 3.73. The average Bonchev–Trinajstić information content (AvgIpc) is 2.45. The number of methoxy groups -OCH3 is 2. The van der Waals surface area contributed by atoms with Crippen LogP contribution in [0.2, 0.25) is 0 Å². The van der Waals surface area contributed by atoms with Crippen LogP contribution in [0.3, 0.4) is 0 Å². The van der Waals surface area contributed by atoms with Crippen LogP contribution >= 0.6 is 0 Å². The zero-order chi connectivity index (χ0) is 14.3. The van der Waals surface area contributed by atoms with E-state index in [1.807, 2.05) is 6.92 Å². The van der Waals surface area contributed by atoms with Gasteiger partial charge in [0.05, 0.1) is 14.2 Å². The first-order valence-corrected chi connectivity index (χ1v) is 5.85. The van der Waals surface area contributed by atoms with Gasteiger partial charge in [0, 0.05) is 12.7 Å². The van der Waals surface area contributed by atoms with Crippen LogP contribution in [0.4, 0.5) is 5.82 Å². The van der Waals surface area contributed by atoms with Crippen LogP contribution in [0.5, 0.6) is 0 Å². The van der Waals surface area contributed by atoms with E-state index in [1.54, 1.807) is 11.0 Å². The molecule has 0 spiro atoms. The second kappa shape index (κ2) is 7.30. The first-order chi connectivity index (χ1) is 9.12. The topological polar surface area (TPSA) is 81.6 Å². The number of hydrogen-bond donors (Lipinski definition) is 0. The molecule has 0 aliphatic carbocycles. The van der Waals surface area contributed by atoms with Gasteiger partial charge >= 0.3 is 11.9 Å². The zero-order valence-electron chi connectivity index (χ0n) is 11.3. The van der Waals surface area contributed by atoms with Crippen molar-refractivity contribution in [2.24, 2.45) is 0 Å². The first kappa shape index (κ1) is 14.9. The molecule has 0 N–H and O–H groups in total. The van der Waals surface area contributed by atoms with Crippen LogP contribution in [-0.2, 0) is 14.3 Å². The Hall–Kier alpha value is -2.18. The summed E-state index contributed by atoms with van der Waals surface area (Å²) in [6.45, 7) is 2.67. The molecule has 104 valence electrons. The highest BCUT2D eigenvalue weighted by Gasteiger charge is 2.15. The Morgan fingerprint density at radius 3 is 2.63 bits per heavy atom. The van der Waals surface area contributed by atoms with E-state index in [0.717, 1.165) is 6.42 Å². The van der Waals surface area contributed by atoms with E-state index in [9.17, 15) is 9.59 Å². The molecule has 1 rings (SSSR count). The molecule has 0 unspecified atom stereocenters. The third kappa shape index (κ3) is 4.20. The van der Waals surface area contributed by atoms with E-state index in [4.69, 9.17) is 0 Å². The molecular weight excluding hydrogens is 250 g/mol. The summed E-state index contributed by atoms with van der Waals surface area (Å²) in [5.74, 6) is -0.531. The molecule has 0 aliphatic rings. The van der Waals surface area contributed by atoms with Gasteiger partial charge < -0.3 is 14.4 Å². The molecule has 0 atom stereocenters. The lowest BCUT2D eigenvalue weighted by Gasteiger charge is -2.21. The van der Waals surface area contributed by atoms with Crippen molar-refractivity contribution in [2.75, 3.05) is 32.2 Å². The number of hydrogen-bond acceptors (Lipinski definition) is 7. The van der Waals surface area contributed by atoms with Gasteiger partial charge in [-0.15, -0.1) is 0 Å².